The van der Waals surface area contributed by atoms with Crippen LogP contribution in [0.2, 0.25) is 0 Å². The van der Waals surface area contributed by atoms with Crippen LogP contribution in [0.15, 0.2) is 11.0 Å². The zero-order chi connectivity index (χ0) is 13.0. The largest absolute Gasteiger partial charge is 0.381 e. The van der Waals surface area contributed by atoms with Crippen LogP contribution in [-0.2, 0) is 11.3 Å². The minimum Gasteiger partial charge on any atom is -0.381 e. The molecular weight excluding hydrogens is 345 g/mol. The number of aryl methyl sites for hydroxylation is 1. The molecule has 1 N–H and O–H groups in total. The molecule has 0 aromatic carbocycles. The Bertz CT molecular complexity index is 455. The predicted molar refractivity (Wildman–Crippen MR) is 77.7 cm³/mol. The van der Waals surface area contributed by atoms with Gasteiger partial charge < -0.3 is 10.1 Å². The third-order valence-corrected chi connectivity index (χ3v) is 3.91. The van der Waals surface area contributed by atoms with E-state index in [4.69, 9.17) is 4.74 Å². The number of aromatic nitrogens is 2. The van der Waals surface area contributed by atoms with Crippen LogP contribution in [0.25, 0.3) is 0 Å². The molecule has 0 spiro atoms. The maximum absolute atomic E-state index is 11.9. The smallest absolute Gasteiger partial charge is 0.266 e. The van der Waals surface area contributed by atoms with Gasteiger partial charge in [-0.05, 0) is 41.9 Å². The molecular formula is C12H18IN3O2. The third kappa shape index (κ3) is 3.52. The standard InChI is InChI=1S/C12H18IN3O2/c1-9-15-7-11(13)12(17)16(9)4-3-14-6-10-2-5-18-8-10/h7,10,14H,2-6,8H2,1H3. The van der Waals surface area contributed by atoms with E-state index in [1.54, 1.807) is 10.8 Å². The van der Waals surface area contributed by atoms with Crippen LogP contribution in [0.3, 0.4) is 0 Å². The van der Waals surface area contributed by atoms with Gasteiger partial charge in [-0.2, -0.15) is 0 Å². The SMILES string of the molecule is Cc1ncc(I)c(=O)n1CCNCC1CCOC1. The number of nitrogens with one attached hydrogen (secondary N) is 1. The molecule has 1 fully saturated rings. The van der Waals surface area contributed by atoms with Gasteiger partial charge in [0.2, 0.25) is 0 Å². The van der Waals surface area contributed by atoms with Gasteiger partial charge in [0, 0.05) is 32.4 Å². The topological polar surface area (TPSA) is 56.2 Å². The maximum Gasteiger partial charge on any atom is 0.266 e. The molecule has 2 rings (SSSR count). The van der Waals surface area contributed by atoms with E-state index in [1.165, 1.54) is 0 Å². The fourth-order valence-corrected chi connectivity index (χ4v) is 2.49. The number of ether oxygens (including phenoxy) is 1. The lowest BCUT2D eigenvalue weighted by Gasteiger charge is -2.12. The fraction of sp³-hybridized carbons (Fsp3) is 0.667. The highest BCUT2D eigenvalue weighted by Crippen LogP contribution is 2.10. The van der Waals surface area contributed by atoms with Gasteiger partial charge in [-0.25, -0.2) is 4.98 Å². The Labute approximate surface area is 120 Å². The van der Waals surface area contributed by atoms with E-state index in [0.29, 0.717) is 16.0 Å². The van der Waals surface area contributed by atoms with E-state index in [1.807, 2.05) is 29.5 Å². The Hall–Kier alpha value is -0.470. The van der Waals surface area contributed by atoms with Crippen LogP contribution in [0.1, 0.15) is 12.2 Å². The Morgan fingerprint density at radius 1 is 1.67 bits per heavy atom. The van der Waals surface area contributed by atoms with Crippen molar-refractivity contribution in [3.05, 3.63) is 25.9 Å². The van der Waals surface area contributed by atoms with Crippen LogP contribution in [0.5, 0.6) is 0 Å². The monoisotopic (exact) mass is 363 g/mol. The summed E-state index contributed by atoms with van der Waals surface area (Å²) >= 11 is 2.03. The Morgan fingerprint density at radius 3 is 3.22 bits per heavy atom. The Kier molecular flexibility index (Phi) is 5.13. The summed E-state index contributed by atoms with van der Waals surface area (Å²) in [5.41, 5.74) is 0.0501. The van der Waals surface area contributed by atoms with E-state index in [2.05, 4.69) is 10.3 Å². The first-order valence-electron chi connectivity index (χ1n) is 6.19. The molecule has 1 atom stereocenters. The Balaban J connectivity index is 1.82. The zero-order valence-electron chi connectivity index (χ0n) is 10.5. The van der Waals surface area contributed by atoms with Crippen molar-refractivity contribution >= 4 is 22.6 Å². The van der Waals surface area contributed by atoms with Crippen LogP contribution in [0.4, 0.5) is 0 Å². The second-order valence-electron chi connectivity index (χ2n) is 4.54. The van der Waals surface area contributed by atoms with Crippen molar-refractivity contribution in [3.63, 3.8) is 0 Å². The van der Waals surface area contributed by atoms with Crippen molar-refractivity contribution in [1.29, 1.82) is 0 Å². The Morgan fingerprint density at radius 2 is 2.50 bits per heavy atom. The maximum atomic E-state index is 11.9. The van der Waals surface area contributed by atoms with Gasteiger partial charge in [0.15, 0.2) is 0 Å². The van der Waals surface area contributed by atoms with Gasteiger partial charge in [-0.1, -0.05) is 0 Å². The number of halogens is 1. The first-order chi connectivity index (χ1) is 8.68. The molecule has 0 saturated carbocycles. The third-order valence-electron chi connectivity index (χ3n) is 3.17. The summed E-state index contributed by atoms with van der Waals surface area (Å²) < 4.78 is 7.71. The second-order valence-corrected chi connectivity index (χ2v) is 5.71. The van der Waals surface area contributed by atoms with Crippen molar-refractivity contribution in [1.82, 2.24) is 14.9 Å². The minimum atomic E-state index is 0.0501. The summed E-state index contributed by atoms with van der Waals surface area (Å²) in [5.74, 6) is 1.39. The normalized spacial score (nSPS) is 19.3. The average molecular weight is 363 g/mol. The number of hydrogen-bond donors (Lipinski definition) is 1. The van der Waals surface area contributed by atoms with Crippen LogP contribution < -0.4 is 10.9 Å². The molecule has 1 saturated heterocycles. The molecule has 1 aromatic rings. The molecule has 1 aromatic heterocycles. The first kappa shape index (κ1) is 14.0. The average Bonchev–Trinajstić information content (AvgIpc) is 2.86. The van der Waals surface area contributed by atoms with E-state index in [9.17, 15) is 4.79 Å². The van der Waals surface area contributed by atoms with Crippen molar-refractivity contribution in [2.24, 2.45) is 5.92 Å². The molecule has 6 heteroatoms. The van der Waals surface area contributed by atoms with Crippen molar-refractivity contribution in [2.75, 3.05) is 26.3 Å². The number of hydrogen-bond acceptors (Lipinski definition) is 4. The van der Waals surface area contributed by atoms with Crippen LogP contribution >= 0.6 is 22.6 Å². The number of nitrogens with zero attached hydrogens (tertiary/aromatic N) is 2. The van der Waals surface area contributed by atoms with E-state index < -0.39 is 0 Å². The molecule has 1 aliphatic heterocycles. The highest BCUT2D eigenvalue weighted by molar-refractivity contribution is 14.1. The molecule has 18 heavy (non-hydrogen) atoms. The van der Waals surface area contributed by atoms with E-state index in [-0.39, 0.29) is 5.56 Å². The summed E-state index contributed by atoms with van der Waals surface area (Å²) in [6.45, 7) is 6.02. The number of rotatable bonds is 5. The van der Waals surface area contributed by atoms with Crippen molar-refractivity contribution in [2.45, 2.75) is 19.9 Å². The second kappa shape index (κ2) is 6.63. The lowest BCUT2D eigenvalue weighted by molar-refractivity contribution is 0.185. The van der Waals surface area contributed by atoms with Gasteiger partial charge in [-0.15, -0.1) is 0 Å². The minimum absolute atomic E-state index is 0.0501. The molecule has 0 radical (unpaired) electrons. The summed E-state index contributed by atoms with van der Waals surface area (Å²) in [6, 6.07) is 0. The van der Waals surface area contributed by atoms with Crippen LogP contribution in [-0.4, -0.2) is 35.9 Å². The highest BCUT2D eigenvalue weighted by Gasteiger charge is 2.14. The fourth-order valence-electron chi connectivity index (χ4n) is 2.06. The van der Waals surface area contributed by atoms with Gasteiger partial charge in [0.1, 0.15) is 5.82 Å². The molecule has 0 amide bonds. The predicted octanol–water partition coefficient (Wildman–Crippen LogP) is 0.782. The summed E-state index contributed by atoms with van der Waals surface area (Å²) in [7, 11) is 0. The van der Waals surface area contributed by atoms with Gasteiger partial charge in [-0.3, -0.25) is 9.36 Å². The summed E-state index contributed by atoms with van der Waals surface area (Å²) in [4.78, 5) is 16.1. The van der Waals surface area contributed by atoms with E-state index in [0.717, 1.165) is 38.5 Å². The molecule has 0 aliphatic carbocycles. The van der Waals surface area contributed by atoms with Crippen LogP contribution in [0, 0.1) is 16.4 Å². The lowest BCUT2D eigenvalue weighted by Crippen LogP contribution is -2.32. The molecule has 2 heterocycles. The van der Waals surface area contributed by atoms with Gasteiger partial charge >= 0.3 is 0 Å². The highest BCUT2D eigenvalue weighted by atomic mass is 127. The molecule has 5 nitrogen and oxygen atoms in total. The quantitative estimate of drug-likeness (QED) is 0.621. The van der Waals surface area contributed by atoms with Crippen molar-refractivity contribution < 1.29 is 4.74 Å². The zero-order valence-corrected chi connectivity index (χ0v) is 12.6. The summed E-state index contributed by atoms with van der Waals surface area (Å²) in [6.07, 6.45) is 2.76. The molecule has 0 bridgehead atoms. The van der Waals surface area contributed by atoms with Crippen molar-refractivity contribution in [3.8, 4) is 0 Å². The first-order valence-corrected chi connectivity index (χ1v) is 7.26. The summed E-state index contributed by atoms with van der Waals surface area (Å²) in [5, 5.41) is 3.38. The van der Waals surface area contributed by atoms with Gasteiger partial charge in [0.05, 0.1) is 10.2 Å². The van der Waals surface area contributed by atoms with Gasteiger partial charge in [0.25, 0.3) is 5.56 Å². The molecule has 1 unspecified atom stereocenters. The lowest BCUT2D eigenvalue weighted by atomic mass is 10.1. The molecule has 1 aliphatic rings. The molecule has 100 valence electrons. The van der Waals surface area contributed by atoms with E-state index >= 15 is 0 Å².